The number of nitrogens with one attached hydrogen (secondary N) is 2. The van der Waals surface area contributed by atoms with E-state index >= 15 is 0 Å². The van der Waals surface area contributed by atoms with E-state index in [1.807, 2.05) is 36.4 Å². The van der Waals surface area contributed by atoms with Crippen molar-refractivity contribution in [3.8, 4) is 0 Å². The standard InChI is InChI=1S/C27H30N4O4S/c1-3-30(4-2)24-13-9-21(10-14-24)26(32)28-29-27(33)22-11-15-25(16-12-22)36(34,35)31-18-17-20-7-5-6-8-23(20)19-31/h5-16H,3-4,17-19H2,1-2H3,(H,28,32)(H,29,33). The maximum Gasteiger partial charge on any atom is 0.269 e. The second-order valence-corrected chi connectivity index (χ2v) is 10.4. The van der Waals surface area contributed by atoms with Crippen molar-refractivity contribution in [1.82, 2.24) is 15.2 Å². The monoisotopic (exact) mass is 506 g/mol. The van der Waals surface area contributed by atoms with Gasteiger partial charge in [-0.2, -0.15) is 4.31 Å². The molecular formula is C27H30N4O4S. The molecule has 0 radical (unpaired) electrons. The normalized spacial score (nSPS) is 13.5. The first-order chi connectivity index (χ1) is 17.3. The third-order valence-electron chi connectivity index (χ3n) is 6.40. The fourth-order valence-corrected chi connectivity index (χ4v) is 5.69. The van der Waals surface area contributed by atoms with E-state index in [0.717, 1.165) is 29.9 Å². The minimum atomic E-state index is -3.69. The summed E-state index contributed by atoms with van der Waals surface area (Å²) in [6.07, 6.45) is 0.660. The predicted molar refractivity (Wildman–Crippen MR) is 139 cm³/mol. The topological polar surface area (TPSA) is 98.8 Å². The summed E-state index contributed by atoms with van der Waals surface area (Å²) in [5.74, 6) is -0.988. The van der Waals surface area contributed by atoms with Crippen LogP contribution in [-0.4, -0.2) is 44.2 Å². The Hall–Kier alpha value is -3.69. The molecule has 0 spiro atoms. The van der Waals surface area contributed by atoms with Crippen LogP contribution in [0.4, 0.5) is 5.69 Å². The number of benzene rings is 3. The lowest BCUT2D eigenvalue weighted by Crippen LogP contribution is -2.41. The lowest BCUT2D eigenvalue weighted by atomic mass is 10.0. The summed E-state index contributed by atoms with van der Waals surface area (Å²) in [6.45, 7) is 6.59. The van der Waals surface area contributed by atoms with Gasteiger partial charge in [-0.05, 0) is 79.9 Å². The molecular weight excluding hydrogens is 476 g/mol. The quantitative estimate of drug-likeness (QED) is 0.479. The number of nitrogens with zero attached hydrogens (tertiary/aromatic N) is 2. The summed E-state index contributed by atoms with van der Waals surface area (Å²) >= 11 is 0. The summed E-state index contributed by atoms with van der Waals surface area (Å²) in [6, 6.07) is 20.7. The summed E-state index contributed by atoms with van der Waals surface area (Å²) in [5, 5.41) is 0. The fraction of sp³-hybridized carbons (Fsp3) is 0.259. The van der Waals surface area contributed by atoms with E-state index in [4.69, 9.17) is 0 Å². The van der Waals surface area contributed by atoms with E-state index in [1.54, 1.807) is 12.1 Å². The second-order valence-electron chi connectivity index (χ2n) is 8.51. The lowest BCUT2D eigenvalue weighted by molar-refractivity contribution is 0.0846. The third kappa shape index (κ3) is 5.42. The van der Waals surface area contributed by atoms with Gasteiger partial charge >= 0.3 is 0 Å². The molecule has 0 aliphatic carbocycles. The van der Waals surface area contributed by atoms with Gasteiger partial charge < -0.3 is 4.90 Å². The van der Waals surface area contributed by atoms with Gasteiger partial charge in [0, 0.05) is 43.0 Å². The van der Waals surface area contributed by atoms with E-state index in [2.05, 4.69) is 29.6 Å². The van der Waals surface area contributed by atoms with Crippen LogP contribution in [-0.2, 0) is 23.0 Å². The van der Waals surface area contributed by atoms with Crippen molar-refractivity contribution < 1.29 is 18.0 Å². The zero-order chi connectivity index (χ0) is 25.7. The molecule has 1 aliphatic heterocycles. The van der Waals surface area contributed by atoms with Gasteiger partial charge in [-0.1, -0.05) is 24.3 Å². The Morgan fingerprint density at radius 3 is 1.89 bits per heavy atom. The number of hydrogen-bond acceptors (Lipinski definition) is 5. The first-order valence-corrected chi connectivity index (χ1v) is 13.4. The van der Waals surface area contributed by atoms with Crippen LogP contribution >= 0.6 is 0 Å². The summed E-state index contributed by atoms with van der Waals surface area (Å²) in [5.41, 5.74) is 8.61. The molecule has 0 saturated carbocycles. The van der Waals surface area contributed by atoms with Gasteiger partial charge in [0.1, 0.15) is 0 Å². The molecule has 2 amide bonds. The van der Waals surface area contributed by atoms with Crippen molar-refractivity contribution in [3.05, 3.63) is 95.1 Å². The highest BCUT2D eigenvalue weighted by Crippen LogP contribution is 2.25. The summed E-state index contributed by atoms with van der Waals surface area (Å²) in [7, 11) is -3.69. The van der Waals surface area contributed by atoms with E-state index in [-0.39, 0.29) is 10.5 Å². The van der Waals surface area contributed by atoms with Crippen molar-refractivity contribution in [2.24, 2.45) is 0 Å². The van der Waals surface area contributed by atoms with Gasteiger partial charge in [0.05, 0.1) is 4.90 Å². The van der Waals surface area contributed by atoms with E-state index < -0.39 is 21.8 Å². The Bertz CT molecular complexity index is 1330. The van der Waals surface area contributed by atoms with Gasteiger partial charge in [0.2, 0.25) is 10.0 Å². The first-order valence-electron chi connectivity index (χ1n) is 12.0. The molecule has 4 rings (SSSR count). The number of fused-ring (bicyclic) bond motifs is 1. The van der Waals surface area contributed by atoms with Crippen LogP contribution in [0.2, 0.25) is 0 Å². The number of hydrogen-bond donors (Lipinski definition) is 2. The SMILES string of the molecule is CCN(CC)c1ccc(C(=O)NNC(=O)c2ccc(S(=O)(=O)N3CCc4ccccc4C3)cc2)cc1. The molecule has 0 unspecified atom stereocenters. The molecule has 2 N–H and O–H groups in total. The first kappa shape index (κ1) is 25.4. The fourth-order valence-electron chi connectivity index (χ4n) is 4.27. The highest BCUT2D eigenvalue weighted by atomic mass is 32.2. The predicted octanol–water partition coefficient (Wildman–Crippen LogP) is 3.35. The molecule has 8 nitrogen and oxygen atoms in total. The zero-order valence-corrected chi connectivity index (χ0v) is 21.2. The molecule has 0 fully saturated rings. The van der Waals surface area contributed by atoms with E-state index in [9.17, 15) is 18.0 Å². The Balaban J connectivity index is 1.36. The summed E-state index contributed by atoms with van der Waals surface area (Å²) < 4.78 is 27.7. The molecule has 0 bridgehead atoms. The van der Waals surface area contributed by atoms with Crippen LogP contribution < -0.4 is 15.8 Å². The molecule has 0 aromatic heterocycles. The third-order valence-corrected chi connectivity index (χ3v) is 8.26. The average molecular weight is 507 g/mol. The van der Waals surface area contributed by atoms with Crippen molar-refractivity contribution in [1.29, 1.82) is 0 Å². The molecule has 3 aromatic carbocycles. The highest BCUT2D eigenvalue weighted by molar-refractivity contribution is 7.89. The van der Waals surface area contributed by atoms with Gasteiger partial charge in [-0.3, -0.25) is 20.4 Å². The Morgan fingerprint density at radius 1 is 0.806 bits per heavy atom. The van der Waals surface area contributed by atoms with Crippen LogP contribution in [0.15, 0.2) is 77.7 Å². The maximum absolute atomic E-state index is 13.1. The van der Waals surface area contributed by atoms with Crippen LogP contribution in [0.1, 0.15) is 45.7 Å². The van der Waals surface area contributed by atoms with Gasteiger partial charge in [-0.15, -0.1) is 0 Å². The van der Waals surface area contributed by atoms with Gasteiger partial charge in [0.15, 0.2) is 0 Å². The number of rotatable bonds is 7. The van der Waals surface area contributed by atoms with Crippen molar-refractivity contribution >= 4 is 27.5 Å². The highest BCUT2D eigenvalue weighted by Gasteiger charge is 2.28. The number of carbonyl (C=O) groups is 2. The number of amides is 2. The molecule has 188 valence electrons. The second kappa shape index (κ2) is 10.9. The molecule has 1 heterocycles. The lowest BCUT2D eigenvalue weighted by Gasteiger charge is -2.28. The average Bonchev–Trinajstić information content (AvgIpc) is 2.92. The largest absolute Gasteiger partial charge is 0.372 e. The summed E-state index contributed by atoms with van der Waals surface area (Å²) in [4.78, 5) is 27.2. The minimum absolute atomic E-state index is 0.121. The number of sulfonamides is 1. The molecule has 3 aromatic rings. The van der Waals surface area contributed by atoms with Crippen LogP contribution in [0.25, 0.3) is 0 Å². The molecule has 0 atom stereocenters. The molecule has 9 heteroatoms. The van der Waals surface area contributed by atoms with Gasteiger partial charge in [-0.25, -0.2) is 8.42 Å². The van der Waals surface area contributed by atoms with Crippen LogP contribution in [0, 0.1) is 0 Å². The van der Waals surface area contributed by atoms with Crippen molar-refractivity contribution in [2.45, 2.75) is 31.7 Å². The van der Waals surface area contributed by atoms with Crippen LogP contribution in [0.3, 0.4) is 0 Å². The molecule has 1 aliphatic rings. The number of hydrazine groups is 1. The maximum atomic E-state index is 13.1. The molecule has 0 saturated heterocycles. The van der Waals surface area contributed by atoms with Gasteiger partial charge in [0.25, 0.3) is 11.8 Å². The Morgan fingerprint density at radius 2 is 1.33 bits per heavy atom. The molecule has 36 heavy (non-hydrogen) atoms. The van der Waals surface area contributed by atoms with Crippen molar-refractivity contribution in [2.75, 3.05) is 24.5 Å². The van der Waals surface area contributed by atoms with E-state index in [1.165, 1.54) is 28.6 Å². The minimum Gasteiger partial charge on any atom is -0.372 e. The number of carbonyl (C=O) groups excluding carboxylic acids is 2. The Labute approximate surface area is 211 Å². The van der Waals surface area contributed by atoms with Crippen molar-refractivity contribution in [3.63, 3.8) is 0 Å². The zero-order valence-electron chi connectivity index (χ0n) is 20.4. The van der Waals surface area contributed by atoms with E-state index in [0.29, 0.717) is 25.1 Å². The number of anilines is 1. The van der Waals surface area contributed by atoms with Crippen LogP contribution in [0.5, 0.6) is 0 Å². The smallest absolute Gasteiger partial charge is 0.269 e. The Kier molecular flexibility index (Phi) is 7.71.